The molecule has 9 heteroatoms. The lowest BCUT2D eigenvalue weighted by atomic mass is 10.1. The third-order valence-corrected chi connectivity index (χ3v) is 5.50. The summed E-state index contributed by atoms with van der Waals surface area (Å²) >= 11 is 0.777. The average molecular weight is 455 g/mol. The first kappa shape index (κ1) is 23.1. The number of nitrogens with zero attached hydrogens (tertiary/aromatic N) is 1. The van der Waals surface area contributed by atoms with Gasteiger partial charge in [0.05, 0.1) is 12.0 Å². The van der Waals surface area contributed by atoms with Crippen LogP contribution in [0.1, 0.15) is 16.7 Å². The van der Waals surface area contributed by atoms with Crippen LogP contribution in [0.3, 0.4) is 0 Å². The van der Waals surface area contributed by atoms with Crippen molar-refractivity contribution < 1.29 is 28.7 Å². The number of carbonyl (C=O) groups is 4. The number of aryl methyl sites for hydroxylation is 2. The van der Waals surface area contributed by atoms with Gasteiger partial charge < -0.3 is 14.8 Å². The maximum Gasteiger partial charge on any atom is 0.343 e. The number of anilines is 1. The van der Waals surface area contributed by atoms with Crippen molar-refractivity contribution in [3.8, 4) is 5.75 Å². The number of carbonyl (C=O) groups excluding carboxylic acids is 4. The van der Waals surface area contributed by atoms with Gasteiger partial charge in [0, 0.05) is 5.69 Å². The Morgan fingerprint density at radius 2 is 1.81 bits per heavy atom. The molecule has 2 aromatic rings. The Bertz CT molecular complexity index is 1090. The second-order valence-corrected chi connectivity index (χ2v) is 8.06. The van der Waals surface area contributed by atoms with Crippen LogP contribution in [0.25, 0.3) is 6.08 Å². The number of hydrogen-bond acceptors (Lipinski definition) is 7. The highest BCUT2D eigenvalue weighted by Gasteiger charge is 2.36. The molecule has 1 N–H and O–H groups in total. The molecule has 0 aliphatic carbocycles. The Hall–Kier alpha value is -3.59. The molecule has 0 atom stereocenters. The zero-order valence-electron chi connectivity index (χ0n) is 17.8. The standard InChI is InChI=1S/C23H22N2O6S/c1-14-4-9-18(15(2)10-14)24-20(26)12-25-22(28)19(32-23(25)29)11-16-5-7-17(8-6-16)31-13-21(27)30-3/h4-11H,12-13H2,1-3H3,(H,24,26)/b19-11-. The van der Waals surface area contributed by atoms with Crippen LogP contribution >= 0.6 is 11.8 Å². The molecule has 1 fully saturated rings. The van der Waals surface area contributed by atoms with Crippen molar-refractivity contribution in [3.05, 3.63) is 64.1 Å². The van der Waals surface area contributed by atoms with E-state index in [1.54, 1.807) is 36.4 Å². The van der Waals surface area contributed by atoms with E-state index in [-0.39, 0.29) is 18.1 Å². The first-order chi connectivity index (χ1) is 15.3. The molecule has 0 bridgehead atoms. The number of esters is 1. The van der Waals surface area contributed by atoms with Crippen LogP contribution in [-0.4, -0.2) is 48.2 Å². The van der Waals surface area contributed by atoms with Crippen LogP contribution in [0.15, 0.2) is 47.4 Å². The van der Waals surface area contributed by atoms with E-state index in [1.165, 1.54) is 7.11 Å². The fraction of sp³-hybridized carbons (Fsp3) is 0.217. The van der Waals surface area contributed by atoms with E-state index < -0.39 is 23.0 Å². The van der Waals surface area contributed by atoms with Crippen molar-refractivity contribution in [1.82, 2.24) is 4.90 Å². The van der Waals surface area contributed by atoms with Gasteiger partial charge in [-0.15, -0.1) is 0 Å². The number of thioether (sulfide) groups is 1. The van der Waals surface area contributed by atoms with Gasteiger partial charge in [0.2, 0.25) is 5.91 Å². The Morgan fingerprint density at radius 1 is 1.09 bits per heavy atom. The summed E-state index contributed by atoms with van der Waals surface area (Å²) in [5.74, 6) is -1.01. The maximum absolute atomic E-state index is 12.7. The predicted molar refractivity (Wildman–Crippen MR) is 121 cm³/mol. The molecule has 0 saturated carbocycles. The number of methoxy groups -OCH3 is 1. The molecule has 8 nitrogen and oxygen atoms in total. The molecule has 0 aromatic heterocycles. The lowest BCUT2D eigenvalue weighted by Crippen LogP contribution is -2.36. The zero-order chi connectivity index (χ0) is 23.3. The fourth-order valence-corrected chi connectivity index (χ4v) is 3.77. The second-order valence-electron chi connectivity index (χ2n) is 7.07. The molecule has 0 spiro atoms. The minimum absolute atomic E-state index is 0.209. The number of benzene rings is 2. The first-order valence-electron chi connectivity index (χ1n) is 9.69. The monoisotopic (exact) mass is 454 g/mol. The largest absolute Gasteiger partial charge is 0.482 e. The summed E-state index contributed by atoms with van der Waals surface area (Å²) in [6, 6.07) is 12.2. The fourth-order valence-electron chi connectivity index (χ4n) is 2.94. The Labute approximate surface area is 189 Å². The van der Waals surface area contributed by atoms with Gasteiger partial charge in [-0.2, -0.15) is 0 Å². The highest BCUT2D eigenvalue weighted by molar-refractivity contribution is 8.18. The molecule has 3 rings (SSSR count). The van der Waals surface area contributed by atoms with Gasteiger partial charge in [0.15, 0.2) is 6.61 Å². The van der Waals surface area contributed by atoms with Crippen molar-refractivity contribution in [2.45, 2.75) is 13.8 Å². The quantitative estimate of drug-likeness (QED) is 0.504. The highest BCUT2D eigenvalue weighted by atomic mass is 32.2. The van der Waals surface area contributed by atoms with E-state index in [1.807, 2.05) is 26.0 Å². The number of amides is 3. The van der Waals surface area contributed by atoms with Crippen molar-refractivity contribution in [2.75, 3.05) is 25.6 Å². The molecule has 1 aliphatic rings. The molecule has 166 valence electrons. The summed E-state index contributed by atoms with van der Waals surface area (Å²) in [5, 5.41) is 2.24. The SMILES string of the molecule is COC(=O)COc1ccc(/C=C2\SC(=O)N(CC(=O)Nc3ccc(C)cc3C)C2=O)cc1. The van der Waals surface area contributed by atoms with E-state index >= 15 is 0 Å². The predicted octanol–water partition coefficient (Wildman–Crippen LogP) is 3.53. The molecular formula is C23H22N2O6S. The van der Waals surface area contributed by atoms with Gasteiger partial charge in [-0.1, -0.05) is 29.8 Å². The van der Waals surface area contributed by atoms with Crippen LogP contribution in [0, 0.1) is 13.8 Å². The van der Waals surface area contributed by atoms with E-state index in [0.29, 0.717) is 17.0 Å². The van der Waals surface area contributed by atoms with Gasteiger partial charge in [-0.05, 0) is 61.0 Å². The van der Waals surface area contributed by atoms with Gasteiger partial charge in [0.25, 0.3) is 11.1 Å². The Balaban J connectivity index is 1.63. The minimum Gasteiger partial charge on any atom is -0.482 e. The maximum atomic E-state index is 12.7. The lowest BCUT2D eigenvalue weighted by molar-refractivity contribution is -0.142. The van der Waals surface area contributed by atoms with E-state index in [9.17, 15) is 19.2 Å². The summed E-state index contributed by atoms with van der Waals surface area (Å²) < 4.78 is 9.78. The van der Waals surface area contributed by atoms with Crippen molar-refractivity contribution in [2.24, 2.45) is 0 Å². The number of rotatable bonds is 7. The number of ether oxygens (including phenoxy) is 2. The average Bonchev–Trinajstić information content (AvgIpc) is 3.02. The smallest absolute Gasteiger partial charge is 0.343 e. The molecule has 3 amide bonds. The molecular weight excluding hydrogens is 432 g/mol. The summed E-state index contributed by atoms with van der Waals surface area (Å²) in [6.45, 7) is 3.25. The van der Waals surface area contributed by atoms with Crippen molar-refractivity contribution >= 4 is 46.5 Å². The van der Waals surface area contributed by atoms with Crippen LogP contribution in [-0.2, 0) is 19.1 Å². The molecule has 32 heavy (non-hydrogen) atoms. The highest BCUT2D eigenvalue weighted by Crippen LogP contribution is 2.32. The Kier molecular flexibility index (Phi) is 7.32. The van der Waals surface area contributed by atoms with Gasteiger partial charge in [0.1, 0.15) is 12.3 Å². The third kappa shape index (κ3) is 5.76. The van der Waals surface area contributed by atoms with Gasteiger partial charge in [-0.3, -0.25) is 19.3 Å². The number of nitrogens with one attached hydrogen (secondary N) is 1. The zero-order valence-corrected chi connectivity index (χ0v) is 18.7. The second kappa shape index (κ2) is 10.1. The summed E-state index contributed by atoms with van der Waals surface area (Å²) in [6.07, 6.45) is 1.57. The van der Waals surface area contributed by atoms with Crippen LogP contribution in [0.5, 0.6) is 5.75 Å². The third-order valence-electron chi connectivity index (χ3n) is 4.59. The van der Waals surface area contributed by atoms with Crippen LogP contribution in [0.2, 0.25) is 0 Å². The molecule has 1 saturated heterocycles. The normalized spacial score (nSPS) is 14.6. The van der Waals surface area contributed by atoms with E-state index in [0.717, 1.165) is 27.8 Å². The van der Waals surface area contributed by atoms with Crippen molar-refractivity contribution in [3.63, 3.8) is 0 Å². The molecule has 1 heterocycles. The number of hydrogen-bond donors (Lipinski definition) is 1. The molecule has 0 radical (unpaired) electrons. The summed E-state index contributed by atoms with van der Waals surface area (Å²) in [4.78, 5) is 49.6. The summed E-state index contributed by atoms with van der Waals surface area (Å²) in [5.41, 5.74) is 3.27. The minimum atomic E-state index is -0.526. The Morgan fingerprint density at radius 3 is 2.47 bits per heavy atom. The number of imide groups is 1. The molecule has 2 aromatic carbocycles. The first-order valence-corrected chi connectivity index (χ1v) is 10.5. The molecule has 0 unspecified atom stereocenters. The van der Waals surface area contributed by atoms with Gasteiger partial charge in [-0.25, -0.2) is 4.79 Å². The topological polar surface area (TPSA) is 102 Å². The lowest BCUT2D eigenvalue weighted by Gasteiger charge is -2.14. The van der Waals surface area contributed by atoms with E-state index in [4.69, 9.17) is 4.74 Å². The van der Waals surface area contributed by atoms with Gasteiger partial charge >= 0.3 is 5.97 Å². The van der Waals surface area contributed by atoms with Crippen molar-refractivity contribution in [1.29, 1.82) is 0 Å². The van der Waals surface area contributed by atoms with Crippen LogP contribution in [0.4, 0.5) is 10.5 Å². The van der Waals surface area contributed by atoms with E-state index in [2.05, 4.69) is 10.1 Å². The van der Waals surface area contributed by atoms with Crippen LogP contribution < -0.4 is 10.1 Å². The summed E-state index contributed by atoms with van der Waals surface area (Å²) in [7, 11) is 1.27. The molecule has 1 aliphatic heterocycles.